The zero-order valence-corrected chi connectivity index (χ0v) is 12.3. The minimum atomic E-state index is -0.390. The maximum absolute atomic E-state index is 11.1. The van der Waals surface area contributed by atoms with Gasteiger partial charge in [-0.25, -0.2) is 4.79 Å². The van der Waals surface area contributed by atoms with E-state index in [0.29, 0.717) is 6.61 Å². The Morgan fingerprint density at radius 3 is 2.62 bits per heavy atom. The number of carbonyl (C=O) groups is 1. The summed E-state index contributed by atoms with van der Waals surface area (Å²) < 4.78 is 9.89. The molecule has 0 spiro atoms. The second-order valence-electron chi connectivity index (χ2n) is 3.63. The zero-order valence-electron chi connectivity index (χ0n) is 9.16. The van der Waals surface area contributed by atoms with Gasteiger partial charge < -0.3 is 9.47 Å². The fourth-order valence-corrected chi connectivity index (χ4v) is 1.76. The topological polar surface area (TPSA) is 38.8 Å². The molecule has 0 unspecified atom stereocenters. The molecule has 0 aliphatic carbocycles. The number of esters is 1. The van der Waals surface area contributed by atoms with Crippen LogP contribution in [0.25, 0.3) is 0 Å². The molecule has 94 valence electrons. The summed E-state index contributed by atoms with van der Waals surface area (Å²) in [5.41, 5.74) is 0. The molecule has 0 bridgehead atoms. The number of hydrogen-bond acceptors (Lipinski definition) is 4. The number of unbranched alkanes of at least 4 members (excludes halogenated alkanes) is 1. The van der Waals surface area contributed by atoms with Crippen LogP contribution in [0.2, 0.25) is 0 Å². The molecule has 0 amide bonds. The quantitative estimate of drug-likeness (QED) is 0.412. The Balaban J connectivity index is 1.93. The summed E-state index contributed by atoms with van der Waals surface area (Å²) in [7, 11) is 0. The minimum Gasteiger partial charge on any atom is -0.464 e. The molecule has 0 aromatic carbocycles. The largest absolute Gasteiger partial charge is 0.464 e. The van der Waals surface area contributed by atoms with Crippen LogP contribution in [0.15, 0.2) is 0 Å². The number of ether oxygens (including phenoxy) is 2. The number of morpholine rings is 1. The average Bonchev–Trinajstić information content (AvgIpc) is 2.29. The fourth-order valence-electron chi connectivity index (χ4n) is 1.50. The Bertz CT molecular complexity index is 208. The minimum absolute atomic E-state index is 0.258. The van der Waals surface area contributed by atoms with Crippen molar-refractivity contribution < 1.29 is 14.3 Å². The first-order valence-corrected chi connectivity index (χ1v) is 7.28. The van der Waals surface area contributed by atoms with E-state index in [9.17, 15) is 4.79 Å². The molecule has 0 saturated carbocycles. The lowest BCUT2D eigenvalue weighted by molar-refractivity contribution is -0.141. The van der Waals surface area contributed by atoms with E-state index in [1.54, 1.807) is 0 Å². The van der Waals surface area contributed by atoms with E-state index in [2.05, 4.69) is 36.8 Å². The van der Waals surface area contributed by atoms with E-state index < -0.39 is 0 Å². The first-order chi connectivity index (χ1) is 7.70. The standard InChI is InChI=1S/C10H17Br2NO3/c11-9(12)10(14)16-6-2-1-3-13-4-7-15-8-5-13/h9H,1-8H2. The van der Waals surface area contributed by atoms with Gasteiger partial charge >= 0.3 is 5.97 Å². The second kappa shape index (κ2) is 8.44. The Kier molecular flexibility index (Phi) is 7.60. The number of hydrogen-bond donors (Lipinski definition) is 0. The molecule has 1 rings (SSSR count). The normalized spacial score (nSPS) is 17.7. The van der Waals surface area contributed by atoms with Crippen LogP contribution in [0, 0.1) is 0 Å². The van der Waals surface area contributed by atoms with Crippen LogP contribution in [0.5, 0.6) is 0 Å². The molecule has 0 radical (unpaired) electrons. The highest BCUT2D eigenvalue weighted by molar-refractivity contribution is 9.25. The first kappa shape index (κ1) is 14.4. The van der Waals surface area contributed by atoms with Crippen LogP contribution in [0.4, 0.5) is 0 Å². The molecule has 1 aliphatic heterocycles. The Hall–Kier alpha value is 0.350. The monoisotopic (exact) mass is 357 g/mol. The van der Waals surface area contributed by atoms with Gasteiger partial charge in [0.15, 0.2) is 3.74 Å². The van der Waals surface area contributed by atoms with Crippen molar-refractivity contribution in [3.05, 3.63) is 0 Å². The molecule has 0 N–H and O–H groups in total. The van der Waals surface area contributed by atoms with Crippen molar-refractivity contribution in [3.63, 3.8) is 0 Å². The van der Waals surface area contributed by atoms with Crippen LogP contribution in [0.3, 0.4) is 0 Å². The van der Waals surface area contributed by atoms with Crippen LogP contribution < -0.4 is 0 Å². The molecule has 1 heterocycles. The summed E-state index contributed by atoms with van der Waals surface area (Å²) >= 11 is 6.18. The predicted molar refractivity (Wildman–Crippen MR) is 69.1 cm³/mol. The fraction of sp³-hybridized carbons (Fsp3) is 0.900. The third-order valence-electron chi connectivity index (χ3n) is 2.39. The van der Waals surface area contributed by atoms with Gasteiger partial charge in [0.25, 0.3) is 0 Å². The van der Waals surface area contributed by atoms with Crippen molar-refractivity contribution in [2.24, 2.45) is 0 Å². The second-order valence-corrected chi connectivity index (χ2v) is 6.69. The highest BCUT2D eigenvalue weighted by atomic mass is 79.9. The van der Waals surface area contributed by atoms with Gasteiger partial charge in [0.2, 0.25) is 0 Å². The number of carbonyl (C=O) groups excluding carboxylic acids is 1. The van der Waals surface area contributed by atoms with E-state index in [0.717, 1.165) is 45.7 Å². The molecule has 0 aromatic rings. The number of halogens is 2. The van der Waals surface area contributed by atoms with Crippen molar-refractivity contribution >= 4 is 37.8 Å². The van der Waals surface area contributed by atoms with Gasteiger partial charge in [-0.3, -0.25) is 4.90 Å². The van der Waals surface area contributed by atoms with Crippen LogP contribution in [0.1, 0.15) is 12.8 Å². The Labute approximate surface area is 113 Å². The molecule has 1 aliphatic rings. The van der Waals surface area contributed by atoms with Gasteiger partial charge in [-0.05, 0) is 19.4 Å². The maximum Gasteiger partial charge on any atom is 0.330 e. The van der Waals surface area contributed by atoms with Crippen LogP contribution >= 0.6 is 31.9 Å². The van der Waals surface area contributed by atoms with Crippen molar-refractivity contribution in [3.8, 4) is 0 Å². The lowest BCUT2D eigenvalue weighted by Gasteiger charge is -2.26. The summed E-state index contributed by atoms with van der Waals surface area (Å²) in [6.45, 7) is 5.27. The van der Waals surface area contributed by atoms with Crippen LogP contribution in [-0.4, -0.2) is 54.1 Å². The van der Waals surface area contributed by atoms with Crippen molar-refractivity contribution in [2.75, 3.05) is 39.5 Å². The summed E-state index contributed by atoms with van der Waals surface area (Å²) in [6.07, 6.45) is 1.97. The highest BCUT2D eigenvalue weighted by Crippen LogP contribution is 2.10. The van der Waals surface area contributed by atoms with Crippen molar-refractivity contribution in [1.29, 1.82) is 0 Å². The summed E-state index contributed by atoms with van der Waals surface area (Å²) in [5.74, 6) is -0.258. The van der Waals surface area contributed by atoms with Gasteiger partial charge in [-0.2, -0.15) is 0 Å². The smallest absolute Gasteiger partial charge is 0.330 e. The molecular weight excluding hydrogens is 342 g/mol. The molecule has 1 saturated heterocycles. The summed E-state index contributed by atoms with van der Waals surface area (Å²) in [6, 6.07) is 0. The van der Waals surface area contributed by atoms with Gasteiger partial charge in [-0.15, -0.1) is 0 Å². The third kappa shape index (κ3) is 6.18. The molecular formula is C10H17Br2NO3. The summed E-state index contributed by atoms with van der Waals surface area (Å²) in [5, 5.41) is 0. The molecule has 0 aromatic heterocycles. The number of rotatable bonds is 6. The lowest BCUT2D eigenvalue weighted by Crippen LogP contribution is -2.36. The average molecular weight is 359 g/mol. The number of alkyl halides is 2. The van der Waals surface area contributed by atoms with Gasteiger partial charge in [0, 0.05) is 13.1 Å². The molecule has 16 heavy (non-hydrogen) atoms. The van der Waals surface area contributed by atoms with E-state index in [4.69, 9.17) is 9.47 Å². The van der Waals surface area contributed by atoms with Gasteiger partial charge in [0.1, 0.15) is 0 Å². The van der Waals surface area contributed by atoms with E-state index >= 15 is 0 Å². The third-order valence-corrected chi connectivity index (χ3v) is 3.14. The molecule has 4 nitrogen and oxygen atoms in total. The molecule has 6 heteroatoms. The lowest BCUT2D eigenvalue weighted by atomic mass is 10.3. The number of nitrogens with zero attached hydrogens (tertiary/aromatic N) is 1. The van der Waals surface area contributed by atoms with E-state index in [1.165, 1.54) is 0 Å². The zero-order chi connectivity index (χ0) is 11.8. The highest BCUT2D eigenvalue weighted by Gasteiger charge is 2.12. The SMILES string of the molecule is O=C(OCCCCN1CCOCC1)C(Br)Br. The molecule has 1 fully saturated rings. The van der Waals surface area contributed by atoms with E-state index in [-0.39, 0.29) is 9.71 Å². The Morgan fingerprint density at radius 1 is 1.31 bits per heavy atom. The maximum atomic E-state index is 11.1. The molecule has 0 atom stereocenters. The summed E-state index contributed by atoms with van der Waals surface area (Å²) in [4.78, 5) is 13.4. The van der Waals surface area contributed by atoms with Crippen molar-refractivity contribution in [1.82, 2.24) is 4.90 Å². The van der Waals surface area contributed by atoms with E-state index in [1.807, 2.05) is 0 Å². The van der Waals surface area contributed by atoms with Crippen LogP contribution in [-0.2, 0) is 14.3 Å². The predicted octanol–water partition coefficient (Wildman–Crippen LogP) is 1.76. The Morgan fingerprint density at radius 2 is 2.00 bits per heavy atom. The van der Waals surface area contributed by atoms with Gasteiger partial charge in [0.05, 0.1) is 19.8 Å². The van der Waals surface area contributed by atoms with Gasteiger partial charge in [-0.1, -0.05) is 31.9 Å². The first-order valence-electron chi connectivity index (χ1n) is 5.45. The van der Waals surface area contributed by atoms with Crippen molar-refractivity contribution in [2.45, 2.75) is 16.6 Å².